The molecule has 10 heavy (non-hydrogen) atoms. The van der Waals surface area contributed by atoms with Gasteiger partial charge in [0.05, 0.1) is 4.90 Å². The van der Waals surface area contributed by atoms with Gasteiger partial charge in [0.1, 0.15) is 0 Å². The zero-order valence-electron chi connectivity index (χ0n) is 5.42. The molecule has 1 aromatic rings. The van der Waals surface area contributed by atoms with E-state index in [9.17, 15) is 4.79 Å². The fraction of sp³-hybridized carbons (Fsp3) is 0.167. The molecule has 1 heterocycles. The van der Waals surface area contributed by atoms with Crippen LogP contribution < -0.4 is 5.43 Å². The van der Waals surface area contributed by atoms with Crippen molar-refractivity contribution in [1.82, 2.24) is 4.98 Å². The topological polar surface area (TPSA) is 53.1 Å². The summed E-state index contributed by atoms with van der Waals surface area (Å²) in [6.45, 7) is 0. The smallest absolute Gasteiger partial charge is 0.236 e. The minimum atomic E-state index is -0.314. The number of H-pyrrole nitrogens is 1. The lowest BCUT2D eigenvalue weighted by Gasteiger charge is -1.93. The Morgan fingerprint density at radius 3 is 2.80 bits per heavy atom. The molecule has 0 atom stereocenters. The fourth-order valence-corrected chi connectivity index (χ4v) is 1.08. The van der Waals surface area contributed by atoms with Gasteiger partial charge < -0.3 is 10.1 Å². The monoisotopic (exact) mass is 157 g/mol. The first-order valence-corrected chi connectivity index (χ1v) is 3.92. The standard InChI is InChI=1S/C6H7NO2S/c1-10-5-3-7-2-4(8)6(5)9/h2-3,8H,1H3,(H,7,9). The van der Waals surface area contributed by atoms with Crippen LogP contribution in [0.3, 0.4) is 0 Å². The SMILES string of the molecule is CSc1c[nH]cc(O)c1=O. The molecule has 0 fully saturated rings. The van der Waals surface area contributed by atoms with Gasteiger partial charge in [-0.2, -0.15) is 0 Å². The molecule has 0 aliphatic rings. The van der Waals surface area contributed by atoms with E-state index in [1.165, 1.54) is 18.0 Å². The summed E-state index contributed by atoms with van der Waals surface area (Å²) in [7, 11) is 0. The molecule has 0 aliphatic heterocycles. The van der Waals surface area contributed by atoms with Gasteiger partial charge in [0.25, 0.3) is 0 Å². The van der Waals surface area contributed by atoms with Crippen molar-refractivity contribution in [3.63, 3.8) is 0 Å². The highest BCUT2D eigenvalue weighted by Gasteiger charge is 1.99. The first kappa shape index (κ1) is 7.21. The second-order valence-corrected chi connectivity index (χ2v) is 2.59. The maximum absolute atomic E-state index is 10.9. The van der Waals surface area contributed by atoms with Crippen LogP contribution in [0.15, 0.2) is 22.1 Å². The lowest BCUT2D eigenvalue weighted by molar-refractivity contribution is 0.465. The molecule has 0 unspecified atom stereocenters. The summed E-state index contributed by atoms with van der Waals surface area (Å²) < 4.78 is 0. The molecule has 0 radical (unpaired) electrons. The Bertz CT molecular complexity index is 281. The average molecular weight is 157 g/mol. The zero-order valence-corrected chi connectivity index (χ0v) is 6.23. The minimum absolute atomic E-state index is 0.230. The van der Waals surface area contributed by atoms with E-state index in [4.69, 9.17) is 5.11 Å². The number of hydrogen-bond donors (Lipinski definition) is 2. The van der Waals surface area contributed by atoms with Crippen LogP contribution >= 0.6 is 11.8 Å². The third-order valence-electron chi connectivity index (χ3n) is 1.11. The van der Waals surface area contributed by atoms with Crippen LogP contribution in [-0.4, -0.2) is 16.3 Å². The van der Waals surface area contributed by atoms with Crippen LogP contribution in [-0.2, 0) is 0 Å². The van der Waals surface area contributed by atoms with Gasteiger partial charge in [0.15, 0.2) is 5.75 Å². The van der Waals surface area contributed by atoms with Crippen LogP contribution in [0, 0.1) is 0 Å². The highest BCUT2D eigenvalue weighted by molar-refractivity contribution is 7.98. The molecule has 0 spiro atoms. The third kappa shape index (κ3) is 1.16. The number of rotatable bonds is 1. The van der Waals surface area contributed by atoms with Crippen molar-refractivity contribution in [1.29, 1.82) is 0 Å². The number of nitrogens with one attached hydrogen (secondary N) is 1. The minimum Gasteiger partial charge on any atom is -0.503 e. The van der Waals surface area contributed by atoms with E-state index < -0.39 is 0 Å². The van der Waals surface area contributed by atoms with E-state index in [0.29, 0.717) is 4.90 Å². The summed E-state index contributed by atoms with van der Waals surface area (Å²) in [5, 5.41) is 8.87. The maximum Gasteiger partial charge on any atom is 0.236 e. The Morgan fingerprint density at radius 1 is 1.60 bits per heavy atom. The Morgan fingerprint density at radius 2 is 2.30 bits per heavy atom. The maximum atomic E-state index is 10.9. The molecule has 2 N–H and O–H groups in total. The molecule has 0 saturated carbocycles. The van der Waals surface area contributed by atoms with E-state index in [2.05, 4.69) is 4.98 Å². The molecule has 54 valence electrons. The van der Waals surface area contributed by atoms with Crippen molar-refractivity contribution in [3.05, 3.63) is 22.6 Å². The number of aromatic hydroxyl groups is 1. The van der Waals surface area contributed by atoms with E-state index in [1.54, 1.807) is 12.5 Å². The summed E-state index contributed by atoms with van der Waals surface area (Å²) in [6.07, 6.45) is 4.61. The first-order valence-electron chi connectivity index (χ1n) is 2.69. The molecular formula is C6H7NO2S. The second kappa shape index (κ2) is 2.79. The molecule has 1 aromatic heterocycles. The number of aromatic nitrogens is 1. The van der Waals surface area contributed by atoms with Crippen molar-refractivity contribution >= 4 is 11.8 Å². The zero-order chi connectivity index (χ0) is 7.56. The number of aromatic amines is 1. The molecule has 0 aromatic carbocycles. The van der Waals surface area contributed by atoms with Crippen LogP contribution in [0.4, 0.5) is 0 Å². The van der Waals surface area contributed by atoms with Crippen molar-refractivity contribution in [2.45, 2.75) is 4.90 Å². The summed E-state index contributed by atoms with van der Waals surface area (Å²) in [5.74, 6) is -0.230. The highest BCUT2D eigenvalue weighted by atomic mass is 32.2. The van der Waals surface area contributed by atoms with E-state index >= 15 is 0 Å². The molecule has 0 amide bonds. The van der Waals surface area contributed by atoms with Gasteiger partial charge in [-0.25, -0.2) is 0 Å². The van der Waals surface area contributed by atoms with Gasteiger partial charge in [-0.1, -0.05) is 0 Å². The first-order chi connectivity index (χ1) is 4.75. The Labute approximate surface area is 62.1 Å². The normalized spacial score (nSPS) is 9.70. The van der Waals surface area contributed by atoms with Crippen LogP contribution in [0.25, 0.3) is 0 Å². The number of thioether (sulfide) groups is 1. The average Bonchev–Trinajstić information content (AvgIpc) is 1.95. The molecule has 0 aliphatic carbocycles. The van der Waals surface area contributed by atoms with Crippen molar-refractivity contribution in [2.75, 3.05) is 6.26 Å². The van der Waals surface area contributed by atoms with E-state index in [-0.39, 0.29) is 11.2 Å². The lowest BCUT2D eigenvalue weighted by atomic mass is 10.4. The Balaban J connectivity index is 3.28. The van der Waals surface area contributed by atoms with Gasteiger partial charge in [0.2, 0.25) is 5.43 Å². The number of pyridine rings is 1. The lowest BCUT2D eigenvalue weighted by Crippen LogP contribution is -2.02. The van der Waals surface area contributed by atoms with Gasteiger partial charge in [-0.05, 0) is 6.26 Å². The number of hydrogen-bond acceptors (Lipinski definition) is 3. The van der Waals surface area contributed by atoms with Crippen molar-refractivity contribution in [3.8, 4) is 5.75 Å². The predicted molar refractivity (Wildman–Crippen MR) is 40.5 cm³/mol. The second-order valence-electron chi connectivity index (χ2n) is 1.74. The van der Waals surface area contributed by atoms with Crippen molar-refractivity contribution in [2.24, 2.45) is 0 Å². The quantitative estimate of drug-likeness (QED) is 0.593. The third-order valence-corrected chi connectivity index (χ3v) is 1.85. The molecule has 3 nitrogen and oxygen atoms in total. The molecule has 1 rings (SSSR count). The Hall–Kier alpha value is -0.900. The largest absolute Gasteiger partial charge is 0.503 e. The Kier molecular flexibility index (Phi) is 2.01. The predicted octanol–water partition coefficient (Wildman–Crippen LogP) is 0.802. The molecule has 0 bridgehead atoms. The summed E-state index contributed by atoms with van der Waals surface area (Å²) in [5.41, 5.74) is -0.314. The molecular weight excluding hydrogens is 150 g/mol. The summed E-state index contributed by atoms with van der Waals surface area (Å²) in [4.78, 5) is 14.1. The summed E-state index contributed by atoms with van der Waals surface area (Å²) >= 11 is 1.31. The van der Waals surface area contributed by atoms with Crippen LogP contribution in [0.2, 0.25) is 0 Å². The van der Waals surface area contributed by atoms with Crippen LogP contribution in [0.5, 0.6) is 5.75 Å². The fourth-order valence-electron chi connectivity index (χ4n) is 0.605. The van der Waals surface area contributed by atoms with Gasteiger partial charge >= 0.3 is 0 Å². The van der Waals surface area contributed by atoms with E-state index in [0.717, 1.165) is 0 Å². The van der Waals surface area contributed by atoms with Gasteiger partial charge in [-0.15, -0.1) is 11.8 Å². The molecule has 0 saturated heterocycles. The van der Waals surface area contributed by atoms with Gasteiger partial charge in [-0.3, -0.25) is 4.79 Å². The van der Waals surface area contributed by atoms with Crippen molar-refractivity contribution < 1.29 is 5.11 Å². The summed E-state index contributed by atoms with van der Waals surface area (Å²) in [6, 6.07) is 0. The highest BCUT2D eigenvalue weighted by Crippen LogP contribution is 2.09. The van der Waals surface area contributed by atoms with E-state index in [1.807, 2.05) is 0 Å². The molecule has 4 heteroatoms. The van der Waals surface area contributed by atoms with Gasteiger partial charge in [0, 0.05) is 12.4 Å². The van der Waals surface area contributed by atoms with Crippen LogP contribution in [0.1, 0.15) is 0 Å².